The Balaban J connectivity index is 2.39. The van der Waals surface area contributed by atoms with Crippen LogP contribution in [0.2, 0.25) is 0 Å². The fourth-order valence-corrected chi connectivity index (χ4v) is 1.76. The molecule has 1 N–H and O–H groups in total. The lowest BCUT2D eigenvalue weighted by Crippen LogP contribution is -2.38. The number of carbonyl (C=O) groups is 1. The second-order valence-corrected chi connectivity index (χ2v) is 3.71. The van der Waals surface area contributed by atoms with Gasteiger partial charge in [-0.25, -0.2) is 4.39 Å². The van der Waals surface area contributed by atoms with E-state index in [1.54, 1.807) is 0 Å². The van der Waals surface area contributed by atoms with Crippen molar-refractivity contribution in [2.45, 2.75) is 32.6 Å². The summed E-state index contributed by atoms with van der Waals surface area (Å²) in [6.07, 6.45) is 4.15. The first-order valence-corrected chi connectivity index (χ1v) is 4.53. The van der Waals surface area contributed by atoms with Crippen molar-refractivity contribution in [3.63, 3.8) is 0 Å². The van der Waals surface area contributed by atoms with Gasteiger partial charge in [0, 0.05) is 12.0 Å². The molecule has 0 bridgehead atoms. The van der Waals surface area contributed by atoms with Gasteiger partial charge in [-0.2, -0.15) is 0 Å². The van der Waals surface area contributed by atoms with E-state index < -0.39 is 6.67 Å². The normalized spacial score (nSPS) is 20.8. The predicted octanol–water partition coefficient (Wildman–Crippen LogP) is 1.65. The standard InChI is InChI=1S/C9H16FNO/c1-9(4-2-3-5-9)8(12)11-7-6-10/h2-7H2,1H3,(H,11,12). The fraction of sp³-hybridized carbons (Fsp3) is 0.889. The van der Waals surface area contributed by atoms with Gasteiger partial charge in [0.1, 0.15) is 6.67 Å². The number of carbonyl (C=O) groups excluding carboxylic acids is 1. The molecule has 1 fully saturated rings. The number of hydrogen-bond acceptors (Lipinski definition) is 1. The van der Waals surface area contributed by atoms with E-state index in [-0.39, 0.29) is 17.9 Å². The summed E-state index contributed by atoms with van der Waals surface area (Å²) in [6.45, 7) is 1.66. The van der Waals surface area contributed by atoms with Crippen molar-refractivity contribution >= 4 is 5.91 Å². The molecule has 1 rings (SSSR count). The molecule has 12 heavy (non-hydrogen) atoms. The second kappa shape index (κ2) is 3.87. The molecule has 3 heteroatoms. The highest BCUT2D eigenvalue weighted by atomic mass is 19.1. The lowest BCUT2D eigenvalue weighted by molar-refractivity contribution is -0.129. The van der Waals surface area contributed by atoms with Crippen LogP contribution < -0.4 is 5.32 Å². The summed E-state index contributed by atoms with van der Waals surface area (Å²) >= 11 is 0. The molecule has 0 saturated heterocycles. The molecule has 0 aromatic rings. The van der Waals surface area contributed by atoms with Gasteiger partial charge < -0.3 is 5.32 Å². The molecule has 0 spiro atoms. The van der Waals surface area contributed by atoms with Crippen LogP contribution in [-0.4, -0.2) is 19.1 Å². The first-order chi connectivity index (χ1) is 5.69. The monoisotopic (exact) mass is 173 g/mol. The quantitative estimate of drug-likeness (QED) is 0.690. The van der Waals surface area contributed by atoms with Gasteiger partial charge in [0.15, 0.2) is 0 Å². The third-order valence-electron chi connectivity index (χ3n) is 2.64. The van der Waals surface area contributed by atoms with Crippen molar-refractivity contribution in [1.82, 2.24) is 5.32 Å². The summed E-state index contributed by atoms with van der Waals surface area (Å²) in [7, 11) is 0. The van der Waals surface area contributed by atoms with Crippen LogP contribution in [0.3, 0.4) is 0 Å². The Bertz CT molecular complexity index is 164. The molecular formula is C9H16FNO. The smallest absolute Gasteiger partial charge is 0.226 e. The molecule has 0 aromatic heterocycles. The molecule has 0 heterocycles. The minimum Gasteiger partial charge on any atom is -0.353 e. The Morgan fingerprint density at radius 2 is 2.08 bits per heavy atom. The summed E-state index contributed by atoms with van der Waals surface area (Å²) in [6, 6.07) is 0. The highest BCUT2D eigenvalue weighted by Gasteiger charge is 2.35. The molecular weight excluding hydrogens is 157 g/mol. The van der Waals surface area contributed by atoms with E-state index in [9.17, 15) is 9.18 Å². The molecule has 70 valence electrons. The van der Waals surface area contributed by atoms with Gasteiger partial charge in [0.25, 0.3) is 0 Å². The predicted molar refractivity (Wildman–Crippen MR) is 45.6 cm³/mol. The first kappa shape index (κ1) is 9.49. The van der Waals surface area contributed by atoms with Crippen LogP contribution in [0.4, 0.5) is 4.39 Å². The molecule has 0 aromatic carbocycles. The SMILES string of the molecule is CC1(C(=O)NCCF)CCCC1. The molecule has 0 radical (unpaired) electrons. The molecule has 0 atom stereocenters. The largest absolute Gasteiger partial charge is 0.353 e. The molecule has 1 amide bonds. The van der Waals surface area contributed by atoms with Crippen molar-refractivity contribution in [3.8, 4) is 0 Å². The van der Waals surface area contributed by atoms with Gasteiger partial charge >= 0.3 is 0 Å². The zero-order valence-corrected chi connectivity index (χ0v) is 7.53. The van der Waals surface area contributed by atoms with Crippen molar-refractivity contribution in [2.24, 2.45) is 5.41 Å². The average molecular weight is 173 g/mol. The Kier molecular flexibility index (Phi) is 3.06. The Morgan fingerprint density at radius 3 is 2.58 bits per heavy atom. The van der Waals surface area contributed by atoms with Crippen molar-refractivity contribution in [3.05, 3.63) is 0 Å². The molecule has 2 nitrogen and oxygen atoms in total. The van der Waals surface area contributed by atoms with Gasteiger partial charge in [-0.15, -0.1) is 0 Å². The van der Waals surface area contributed by atoms with E-state index in [2.05, 4.69) is 5.32 Å². The zero-order chi connectivity index (χ0) is 9.03. The third-order valence-corrected chi connectivity index (χ3v) is 2.64. The minimum atomic E-state index is -0.470. The number of amides is 1. The summed E-state index contributed by atoms with van der Waals surface area (Å²) in [5.41, 5.74) is -0.213. The second-order valence-electron chi connectivity index (χ2n) is 3.71. The maximum atomic E-state index is 11.8. The molecule has 1 saturated carbocycles. The number of alkyl halides is 1. The van der Waals surface area contributed by atoms with Crippen molar-refractivity contribution < 1.29 is 9.18 Å². The van der Waals surface area contributed by atoms with E-state index >= 15 is 0 Å². The highest BCUT2D eigenvalue weighted by Crippen LogP contribution is 2.37. The average Bonchev–Trinajstić information content (AvgIpc) is 2.49. The fourth-order valence-electron chi connectivity index (χ4n) is 1.76. The summed E-state index contributed by atoms with van der Waals surface area (Å²) in [5.74, 6) is 0.0256. The van der Waals surface area contributed by atoms with Gasteiger partial charge in [0.2, 0.25) is 5.91 Å². The topological polar surface area (TPSA) is 29.1 Å². The summed E-state index contributed by atoms with van der Waals surface area (Å²) in [5, 5.41) is 2.60. The first-order valence-electron chi connectivity index (χ1n) is 4.53. The number of nitrogens with one attached hydrogen (secondary N) is 1. The van der Waals surface area contributed by atoms with E-state index in [4.69, 9.17) is 0 Å². The molecule has 1 aliphatic carbocycles. The van der Waals surface area contributed by atoms with Crippen LogP contribution in [0, 0.1) is 5.41 Å². The van der Waals surface area contributed by atoms with Crippen LogP contribution in [0.5, 0.6) is 0 Å². The van der Waals surface area contributed by atoms with E-state index in [0.717, 1.165) is 25.7 Å². The van der Waals surface area contributed by atoms with Crippen LogP contribution in [0.1, 0.15) is 32.6 Å². The molecule has 0 unspecified atom stereocenters. The van der Waals surface area contributed by atoms with Crippen molar-refractivity contribution in [1.29, 1.82) is 0 Å². The van der Waals surface area contributed by atoms with Crippen LogP contribution >= 0.6 is 0 Å². The lowest BCUT2D eigenvalue weighted by atomic mass is 9.88. The van der Waals surface area contributed by atoms with Gasteiger partial charge in [-0.1, -0.05) is 19.8 Å². The van der Waals surface area contributed by atoms with E-state index in [1.165, 1.54) is 0 Å². The van der Waals surface area contributed by atoms with E-state index in [1.807, 2.05) is 6.92 Å². The van der Waals surface area contributed by atoms with Gasteiger partial charge in [0.05, 0.1) is 0 Å². The van der Waals surface area contributed by atoms with Gasteiger partial charge in [-0.05, 0) is 12.8 Å². The Labute approximate surface area is 72.5 Å². The maximum Gasteiger partial charge on any atom is 0.226 e. The summed E-state index contributed by atoms with van der Waals surface area (Å²) in [4.78, 5) is 11.4. The Morgan fingerprint density at radius 1 is 1.50 bits per heavy atom. The summed E-state index contributed by atoms with van der Waals surface area (Å²) < 4.78 is 11.8. The van der Waals surface area contributed by atoms with Crippen LogP contribution in [0.25, 0.3) is 0 Å². The van der Waals surface area contributed by atoms with E-state index in [0.29, 0.717) is 0 Å². The third kappa shape index (κ3) is 1.96. The van der Waals surface area contributed by atoms with Crippen LogP contribution in [0.15, 0.2) is 0 Å². The number of hydrogen-bond donors (Lipinski definition) is 1. The Hall–Kier alpha value is -0.600. The van der Waals surface area contributed by atoms with Crippen LogP contribution in [-0.2, 0) is 4.79 Å². The van der Waals surface area contributed by atoms with Gasteiger partial charge in [-0.3, -0.25) is 4.79 Å². The zero-order valence-electron chi connectivity index (χ0n) is 7.53. The lowest BCUT2D eigenvalue weighted by Gasteiger charge is -2.21. The van der Waals surface area contributed by atoms with Crippen molar-refractivity contribution in [2.75, 3.05) is 13.2 Å². The number of rotatable bonds is 3. The molecule has 0 aliphatic heterocycles. The highest BCUT2D eigenvalue weighted by molar-refractivity contribution is 5.82. The molecule has 1 aliphatic rings. The minimum absolute atomic E-state index is 0.0256. The maximum absolute atomic E-state index is 11.8. The number of halogens is 1.